The van der Waals surface area contributed by atoms with Gasteiger partial charge in [-0.05, 0) is 42.7 Å². The molecule has 1 aliphatic heterocycles. The number of nitrogens with zero attached hydrogens (tertiary/aromatic N) is 3. The predicted molar refractivity (Wildman–Crippen MR) is 153 cm³/mol. The molecule has 0 spiro atoms. The van der Waals surface area contributed by atoms with Gasteiger partial charge in [-0.1, -0.05) is 24.3 Å². The van der Waals surface area contributed by atoms with Gasteiger partial charge in [-0.2, -0.15) is 5.10 Å². The minimum Gasteiger partial charge on any atom is -0.493 e. The van der Waals surface area contributed by atoms with Gasteiger partial charge >= 0.3 is 17.9 Å². The molecule has 13 heteroatoms. The third kappa shape index (κ3) is 10.1. The first-order valence-corrected chi connectivity index (χ1v) is 13.6. The van der Waals surface area contributed by atoms with Crippen LogP contribution in [0.2, 0.25) is 0 Å². The van der Waals surface area contributed by atoms with E-state index in [2.05, 4.69) is 40.5 Å². The van der Waals surface area contributed by atoms with Crippen molar-refractivity contribution in [3.05, 3.63) is 72.1 Å². The number of hydrogen-bond donors (Lipinski definition) is 4. The number of carboxylic acid groups (broad SMARTS) is 3. The number of carbonyl (C=O) groups is 3. The lowest BCUT2D eigenvalue weighted by molar-refractivity contribution is -0.170. The smallest absolute Gasteiger partial charge is 0.336 e. The first-order chi connectivity index (χ1) is 20.5. The molecule has 1 atom stereocenters. The van der Waals surface area contributed by atoms with Gasteiger partial charge in [0.15, 0.2) is 17.1 Å². The molecule has 13 nitrogen and oxygen atoms in total. The number of aliphatic hydroxyl groups is 1. The summed E-state index contributed by atoms with van der Waals surface area (Å²) < 4.78 is 18.7. The molecule has 4 rings (SSSR count). The fraction of sp³-hybridized carbons (Fsp3) is 0.400. The zero-order valence-corrected chi connectivity index (χ0v) is 24.1. The van der Waals surface area contributed by atoms with Gasteiger partial charge in [-0.25, -0.2) is 9.48 Å². The van der Waals surface area contributed by atoms with Crippen LogP contribution in [0, 0.1) is 0 Å². The molecular formula is C30H37N3O10. The van der Waals surface area contributed by atoms with Crippen LogP contribution in [-0.4, -0.2) is 92.1 Å². The number of hydrogen-bond acceptors (Lipinski definition) is 9. The maximum absolute atomic E-state index is 10.3. The van der Waals surface area contributed by atoms with Crippen molar-refractivity contribution < 1.29 is 49.0 Å². The van der Waals surface area contributed by atoms with Crippen molar-refractivity contribution in [2.24, 2.45) is 0 Å². The minimum absolute atomic E-state index is 0.286. The standard InChI is InChI=1S/C24H29N3O3.C6H8O7/c1-28-23-11-10-19(13-24(23)29-2)15-26(18-22-9-6-12-30-22)16-20-14-25-27(17-20)21-7-4-3-5-8-21;7-3(8)1-6(13,5(11)12)2-4(9)10/h3-5,7-8,10-11,13-14,17,22H,6,9,12,15-16,18H2,1-2H3;13H,1-2H2,(H,7,8)(H,9,10)(H,11,12). The summed E-state index contributed by atoms with van der Waals surface area (Å²) in [6.45, 7) is 3.36. The van der Waals surface area contributed by atoms with Crippen LogP contribution in [0.3, 0.4) is 0 Å². The molecule has 1 aliphatic rings. The second kappa shape index (κ2) is 15.7. The summed E-state index contributed by atoms with van der Waals surface area (Å²) in [7, 11) is 3.33. The molecular weight excluding hydrogens is 562 g/mol. The van der Waals surface area contributed by atoms with E-state index < -0.39 is 36.4 Å². The van der Waals surface area contributed by atoms with E-state index >= 15 is 0 Å². The molecule has 43 heavy (non-hydrogen) atoms. The number of carboxylic acids is 3. The molecule has 0 bridgehead atoms. The third-order valence-electron chi connectivity index (χ3n) is 6.69. The summed E-state index contributed by atoms with van der Waals surface area (Å²) in [5.74, 6) is -3.52. The molecule has 0 aliphatic carbocycles. The second-order valence-corrected chi connectivity index (χ2v) is 10.1. The van der Waals surface area contributed by atoms with Crippen LogP contribution in [0.1, 0.15) is 36.8 Å². The minimum atomic E-state index is -2.74. The number of ether oxygens (including phenoxy) is 3. The van der Waals surface area contributed by atoms with Crippen LogP contribution in [0.15, 0.2) is 60.9 Å². The summed E-state index contributed by atoms with van der Waals surface area (Å²) in [6.07, 6.45) is 4.31. The predicted octanol–water partition coefficient (Wildman–Crippen LogP) is 2.82. The Balaban J connectivity index is 0.000000331. The van der Waals surface area contributed by atoms with Crippen molar-refractivity contribution in [1.82, 2.24) is 14.7 Å². The first kappa shape index (κ1) is 33.0. The number of benzene rings is 2. The molecule has 1 fully saturated rings. The normalized spacial score (nSPS) is 14.6. The molecule has 0 radical (unpaired) electrons. The van der Waals surface area contributed by atoms with Crippen molar-refractivity contribution in [1.29, 1.82) is 0 Å². The maximum atomic E-state index is 10.3. The zero-order chi connectivity index (χ0) is 31.4. The molecule has 232 valence electrons. The maximum Gasteiger partial charge on any atom is 0.336 e. The number of rotatable bonds is 14. The highest BCUT2D eigenvalue weighted by atomic mass is 16.5. The largest absolute Gasteiger partial charge is 0.493 e. The quantitative estimate of drug-likeness (QED) is 0.213. The van der Waals surface area contributed by atoms with E-state index in [1.807, 2.05) is 35.1 Å². The number of aromatic nitrogens is 2. The second-order valence-electron chi connectivity index (χ2n) is 10.1. The fourth-order valence-corrected chi connectivity index (χ4v) is 4.63. The van der Waals surface area contributed by atoms with Crippen molar-refractivity contribution >= 4 is 17.9 Å². The van der Waals surface area contributed by atoms with Crippen molar-refractivity contribution in [2.45, 2.75) is 50.5 Å². The fourth-order valence-electron chi connectivity index (χ4n) is 4.63. The van der Waals surface area contributed by atoms with Crippen molar-refractivity contribution in [3.63, 3.8) is 0 Å². The topological polar surface area (TPSA) is 181 Å². The van der Waals surface area contributed by atoms with Crippen LogP contribution in [0.25, 0.3) is 5.69 Å². The van der Waals surface area contributed by atoms with E-state index in [9.17, 15) is 14.4 Å². The Labute approximate surface area is 248 Å². The van der Waals surface area contributed by atoms with Crippen LogP contribution in [-0.2, 0) is 32.2 Å². The van der Waals surface area contributed by atoms with Gasteiger partial charge in [0.1, 0.15) is 0 Å². The van der Waals surface area contributed by atoms with Crippen LogP contribution in [0.4, 0.5) is 0 Å². The molecule has 2 heterocycles. The Morgan fingerprint density at radius 3 is 2.19 bits per heavy atom. The molecule has 0 saturated carbocycles. The Morgan fingerprint density at radius 1 is 0.977 bits per heavy atom. The van der Waals surface area contributed by atoms with E-state index in [0.29, 0.717) is 0 Å². The molecule has 4 N–H and O–H groups in total. The Hall–Kier alpha value is -4.46. The molecule has 1 saturated heterocycles. The summed E-state index contributed by atoms with van der Waals surface area (Å²) in [5, 5.41) is 38.4. The zero-order valence-electron chi connectivity index (χ0n) is 24.1. The van der Waals surface area contributed by atoms with Crippen LogP contribution < -0.4 is 9.47 Å². The van der Waals surface area contributed by atoms with E-state index in [4.69, 9.17) is 34.6 Å². The van der Waals surface area contributed by atoms with Crippen LogP contribution in [0.5, 0.6) is 11.5 Å². The number of para-hydroxylation sites is 1. The highest BCUT2D eigenvalue weighted by Gasteiger charge is 2.40. The van der Waals surface area contributed by atoms with Crippen molar-refractivity contribution in [3.8, 4) is 17.2 Å². The average molecular weight is 600 g/mol. The Bertz CT molecular complexity index is 1340. The van der Waals surface area contributed by atoms with Crippen LogP contribution >= 0.6 is 0 Å². The van der Waals surface area contributed by atoms with E-state index in [1.54, 1.807) is 14.2 Å². The summed E-state index contributed by atoms with van der Waals surface area (Å²) in [4.78, 5) is 32.9. The van der Waals surface area contributed by atoms with E-state index in [1.165, 1.54) is 11.1 Å². The molecule has 1 unspecified atom stereocenters. The van der Waals surface area contributed by atoms with Gasteiger partial charge in [-0.3, -0.25) is 14.5 Å². The number of aliphatic carboxylic acids is 3. The highest BCUT2D eigenvalue weighted by molar-refractivity contribution is 5.88. The van der Waals surface area contributed by atoms with Gasteiger partial charge in [0.2, 0.25) is 0 Å². The molecule has 1 aromatic heterocycles. The molecule has 0 amide bonds. The summed E-state index contributed by atoms with van der Waals surface area (Å²) in [5.41, 5.74) is 0.685. The summed E-state index contributed by atoms with van der Waals surface area (Å²) >= 11 is 0. The van der Waals surface area contributed by atoms with E-state index in [-0.39, 0.29) is 6.10 Å². The Morgan fingerprint density at radius 2 is 1.63 bits per heavy atom. The lowest BCUT2D eigenvalue weighted by Crippen LogP contribution is -2.42. The first-order valence-electron chi connectivity index (χ1n) is 13.6. The van der Waals surface area contributed by atoms with Crippen molar-refractivity contribution in [2.75, 3.05) is 27.4 Å². The molecule has 3 aromatic rings. The lowest BCUT2D eigenvalue weighted by Gasteiger charge is -2.25. The average Bonchev–Trinajstić information content (AvgIpc) is 3.65. The van der Waals surface area contributed by atoms with Gasteiger partial charge in [0.25, 0.3) is 0 Å². The van der Waals surface area contributed by atoms with Gasteiger partial charge in [0.05, 0.1) is 45.0 Å². The van der Waals surface area contributed by atoms with Gasteiger partial charge < -0.3 is 34.6 Å². The third-order valence-corrected chi connectivity index (χ3v) is 6.69. The highest BCUT2D eigenvalue weighted by Crippen LogP contribution is 2.28. The van der Waals surface area contributed by atoms with Gasteiger partial charge in [0, 0.05) is 38.0 Å². The lowest BCUT2D eigenvalue weighted by atomic mass is 9.96. The Kier molecular flexibility index (Phi) is 12.0. The molecule has 2 aromatic carbocycles. The summed E-state index contributed by atoms with van der Waals surface area (Å²) in [6, 6.07) is 16.3. The van der Waals surface area contributed by atoms with E-state index in [0.717, 1.165) is 56.3 Å². The number of methoxy groups -OCH3 is 2. The monoisotopic (exact) mass is 599 g/mol. The SMILES string of the molecule is COc1ccc(CN(Cc2cnn(-c3ccccc3)c2)CC2CCCO2)cc1OC.O=C(O)CC(O)(CC(=O)O)C(=O)O. The van der Waals surface area contributed by atoms with Gasteiger partial charge in [-0.15, -0.1) is 0 Å².